The van der Waals surface area contributed by atoms with Gasteiger partial charge in [-0.25, -0.2) is 4.98 Å². The third kappa shape index (κ3) is 3.67. The average Bonchev–Trinajstić information content (AvgIpc) is 2.88. The fraction of sp³-hybridized carbons (Fsp3) is 0.273. The fourth-order valence-corrected chi connectivity index (χ4v) is 1.34. The number of carbonyl (C=O) groups excluding carboxylic acids is 1. The third-order valence-corrected chi connectivity index (χ3v) is 2.23. The summed E-state index contributed by atoms with van der Waals surface area (Å²) in [6.07, 6.45) is 5.13. The summed E-state index contributed by atoms with van der Waals surface area (Å²) >= 11 is 0. The number of rotatable bonds is 5. The number of pyridine rings is 1. The summed E-state index contributed by atoms with van der Waals surface area (Å²) in [7, 11) is 0. The molecule has 0 bridgehead atoms. The van der Waals surface area contributed by atoms with Crippen LogP contribution in [0.2, 0.25) is 0 Å². The second-order valence-electron chi connectivity index (χ2n) is 3.51. The summed E-state index contributed by atoms with van der Waals surface area (Å²) in [5.41, 5.74) is 0.849. The molecule has 0 aliphatic carbocycles. The van der Waals surface area contributed by atoms with Crippen LogP contribution >= 0.6 is 0 Å². The van der Waals surface area contributed by atoms with Crippen molar-refractivity contribution in [3.63, 3.8) is 0 Å². The summed E-state index contributed by atoms with van der Waals surface area (Å²) in [6.45, 7) is 0.991. The molecule has 0 aliphatic heterocycles. The smallest absolute Gasteiger partial charge is 0.222 e. The van der Waals surface area contributed by atoms with E-state index < -0.39 is 0 Å². The van der Waals surface area contributed by atoms with E-state index in [0.717, 1.165) is 5.69 Å². The van der Waals surface area contributed by atoms with Crippen LogP contribution in [-0.2, 0) is 17.9 Å². The monoisotopic (exact) mass is 231 g/mol. The van der Waals surface area contributed by atoms with Crippen molar-refractivity contribution < 1.29 is 4.79 Å². The standard InChI is InChI=1S/C11H13N5O/c17-11(4-6-16-9-12-8-15-16)14-7-10-3-1-2-5-13-10/h1-3,5,8-9H,4,6-7H2,(H,14,17). The van der Waals surface area contributed by atoms with E-state index >= 15 is 0 Å². The molecule has 6 nitrogen and oxygen atoms in total. The van der Waals surface area contributed by atoms with E-state index in [1.165, 1.54) is 6.33 Å². The first kappa shape index (κ1) is 11.3. The Labute approximate surface area is 98.7 Å². The number of aryl methyl sites for hydroxylation is 1. The maximum absolute atomic E-state index is 11.5. The Morgan fingerprint density at radius 2 is 2.35 bits per heavy atom. The van der Waals surface area contributed by atoms with Gasteiger partial charge in [0.2, 0.25) is 5.91 Å². The summed E-state index contributed by atoms with van der Waals surface area (Å²) < 4.78 is 1.63. The van der Waals surface area contributed by atoms with Crippen molar-refractivity contribution in [3.8, 4) is 0 Å². The minimum atomic E-state index is -0.0221. The topological polar surface area (TPSA) is 72.7 Å². The Morgan fingerprint density at radius 1 is 1.41 bits per heavy atom. The van der Waals surface area contributed by atoms with Crippen LogP contribution in [0, 0.1) is 0 Å². The number of hydrogen-bond acceptors (Lipinski definition) is 4. The Hall–Kier alpha value is -2.24. The molecule has 0 radical (unpaired) electrons. The first-order chi connectivity index (χ1) is 8.34. The van der Waals surface area contributed by atoms with E-state index in [9.17, 15) is 4.79 Å². The number of hydrogen-bond donors (Lipinski definition) is 1. The molecule has 0 spiro atoms. The quantitative estimate of drug-likeness (QED) is 0.807. The third-order valence-electron chi connectivity index (χ3n) is 2.23. The van der Waals surface area contributed by atoms with Crippen molar-refractivity contribution in [2.45, 2.75) is 19.5 Å². The van der Waals surface area contributed by atoms with Gasteiger partial charge in [0.1, 0.15) is 12.7 Å². The summed E-state index contributed by atoms with van der Waals surface area (Å²) in [4.78, 5) is 19.4. The number of aromatic nitrogens is 4. The molecule has 1 amide bonds. The molecule has 0 aliphatic rings. The van der Waals surface area contributed by atoms with Crippen LogP contribution in [-0.4, -0.2) is 25.7 Å². The van der Waals surface area contributed by atoms with Gasteiger partial charge in [-0.05, 0) is 12.1 Å². The molecule has 0 saturated carbocycles. The molecule has 1 N–H and O–H groups in total. The molecule has 0 saturated heterocycles. The molecule has 2 aromatic heterocycles. The van der Waals surface area contributed by atoms with Gasteiger partial charge in [-0.15, -0.1) is 0 Å². The number of nitrogens with one attached hydrogen (secondary N) is 1. The van der Waals surface area contributed by atoms with E-state index in [2.05, 4.69) is 20.4 Å². The second-order valence-corrected chi connectivity index (χ2v) is 3.51. The molecule has 17 heavy (non-hydrogen) atoms. The molecule has 0 aromatic carbocycles. The van der Waals surface area contributed by atoms with Gasteiger partial charge >= 0.3 is 0 Å². The highest BCUT2D eigenvalue weighted by Gasteiger charge is 2.02. The first-order valence-corrected chi connectivity index (χ1v) is 5.33. The zero-order chi connectivity index (χ0) is 11.9. The highest BCUT2D eigenvalue weighted by atomic mass is 16.1. The molecule has 88 valence electrons. The lowest BCUT2D eigenvalue weighted by atomic mass is 10.3. The summed E-state index contributed by atoms with van der Waals surface area (Å²) in [6, 6.07) is 5.61. The number of carbonyl (C=O) groups is 1. The maximum Gasteiger partial charge on any atom is 0.222 e. The molecule has 2 rings (SSSR count). The maximum atomic E-state index is 11.5. The lowest BCUT2D eigenvalue weighted by Crippen LogP contribution is -2.24. The van der Waals surface area contributed by atoms with Gasteiger partial charge in [-0.1, -0.05) is 6.07 Å². The SMILES string of the molecule is O=C(CCn1cncn1)NCc1ccccn1. The van der Waals surface area contributed by atoms with E-state index in [0.29, 0.717) is 19.5 Å². The molecule has 0 unspecified atom stereocenters. The molecular weight excluding hydrogens is 218 g/mol. The van der Waals surface area contributed by atoms with Gasteiger partial charge in [0, 0.05) is 12.6 Å². The van der Waals surface area contributed by atoms with E-state index in [4.69, 9.17) is 0 Å². The Balaban J connectivity index is 1.71. The van der Waals surface area contributed by atoms with E-state index in [1.54, 1.807) is 17.2 Å². The van der Waals surface area contributed by atoms with Crippen molar-refractivity contribution in [1.82, 2.24) is 25.1 Å². The van der Waals surface area contributed by atoms with Crippen molar-refractivity contribution in [3.05, 3.63) is 42.7 Å². The predicted octanol–water partition coefficient (Wildman–Crippen LogP) is 0.380. The predicted molar refractivity (Wildman–Crippen MR) is 60.7 cm³/mol. The van der Waals surface area contributed by atoms with Crippen molar-refractivity contribution >= 4 is 5.91 Å². The Bertz CT molecular complexity index is 454. The van der Waals surface area contributed by atoms with Gasteiger partial charge in [0.25, 0.3) is 0 Å². The zero-order valence-corrected chi connectivity index (χ0v) is 9.28. The largest absolute Gasteiger partial charge is 0.350 e. The minimum absolute atomic E-state index is 0.0221. The Morgan fingerprint density at radius 3 is 3.06 bits per heavy atom. The normalized spacial score (nSPS) is 10.1. The van der Waals surface area contributed by atoms with Crippen molar-refractivity contribution in [2.24, 2.45) is 0 Å². The highest BCUT2D eigenvalue weighted by Crippen LogP contribution is 1.93. The van der Waals surface area contributed by atoms with Crippen LogP contribution in [0.1, 0.15) is 12.1 Å². The van der Waals surface area contributed by atoms with Gasteiger partial charge in [-0.2, -0.15) is 5.10 Å². The van der Waals surface area contributed by atoms with Gasteiger partial charge in [0.15, 0.2) is 0 Å². The van der Waals surface area contributed by atoms with Gasteiger partial charge in [-0.3, -0.25) is 14.5 Å². The van der Waals surface area contributed by atoms with E-state index in [1.807, 2.05) is 18.2 Å². The highest BCUT2D eigenvalue weighted by molar-refractivity contribution is 5.75. The molecule has 6 heteroatoms. The lowest BCUT2D eigenvalue weighted by Gasteiger charge is -2.04. The van der Waals surface area contributed by atoms with Crippen LogP contribution in [0.25, 0.3) is 0 Å². The van der Waals surface area contributed by atoms with Gasteiger partial charge < -0.3 is 5.32 Å². The summed E-state index contributed by atoms with van der Waals surface area (Å²) in [5.74, 6) is -0.0221. The fourth-order valence-electron chi connectivity index (χ4n) is 1.34. The second kappa shape index (κ2) is 5.74. The summed E-state index contributed by atoms with van der Waals surface area (Å²) in [5, 5.41) is 6.72. The van der Waals surface area contributed by atoms with Crippen LogP contribution in [0.4, 0.5) is 0 Å². The lowest BCUT2D eigenvalue weighted by molar-refractivity contribution is -0.121. The van der Waals surface area contributed by atoms with Crippen LogP contribution in [0.5, 0.6) is 0 Å². The molecular formula is C11H13N5O. The molecule has 0 fully saturated rings. The van der Waals surface area contributed by atoms with Crippen molar-refractivity contribution in [1.29, 1.82) is 0 Å². The minimum Gasteiger partial charge on any atom is -0.350 e. The van der Waals surface area contributed by atoms with Crippen LogP contribution in [0.3, 0.4) is 0 Å². The van der Waals surface area contributed by atoms with Crippen molar-refractivity contribution in [2.75, 3.05) is 0 Å². The number of amides is 1. The first-order valence-electron chi connectivity index (χ1n) is 5.33. The van der Waals surface area contributed by atoms with Gasteiger partial charge in [0.05, 0.1) is 18.8 Å². The molecule has 2 aromatic rings. The molecule has 0 atom stereocenters. The van der Waals surface area contributed by atoms with Crippen LogP contribution < -0.4 is 5.32 Å². The van der Waals surface area contributed by atoms with Crippen LogP contribution in [0.15, 0.2) is 37.1 Å². The van der Waals surface area contributed by atoms with E-state index in [-0.39, 0.29) is 5.91 Å². The Kier molecular flexibility index (Phi) is 3.80. The average molecular weight is 231 g/mol. The number of nitrogens with zero attached hydrogens (tertiary/aromatic N) is 4. The molecule has 2 heterocycles. The zero-order valence-electron chi connectivity index (χ0n) is 9.28.